The van der Waals surface area contributed by atoms with Gasteiger partial charge in [-0.2, -0.15) is 0 Å². The van der Waals surface area contributed by atoms with Crippen molar-refractivity contribution in [3.05, 3.63) is 35.0 Å². The van der Waals surface area contributed by atoms with E-state index >= 15 is 0 Å². The molecule has 1 aromatic carbocycles. The van der Waals surface area contributed by atoms with E-state index in [0.717, 1.165) is 23.0 Å². The highest BCUT2D eigenvalue weighted by molar-refractivity contribution is 6.09. The van der Waals surface area contributed by atoms with Gasteiger partial charge in [0.2, 0.25) is 0 Å². The molecule has 4 nitrogen and oxygen atoms in total. The predicted octanol–water partition coefficient (Wildman–Crippen LogP) is 2.26. The van der Waals surface area contributed by atoms with Crippen molar-refractivity contribution >= 4 is 22.5 Å². The molecule has 0 saturated heterocycles. The van der Waals surface area contributed by atoms with Crippen molar-refractivity contribution in [1.82, 2.24) is 10.3 Å². The monoisotopic (exact) mass is 255 g/mol. The van der Waals surface area contributed by atoms with Gasteiger partial charge in [-0.15, -0.1) is 0 Å². The number of pyridine rings is 1. The number of rotatable bonds is 2. The van der Waals surface area contributed by atoms with Crippen molar-refractivity contribution in [2.24, 2.45) is 5.92 Å². The zero-order valence-corrected chi connectivity index (χ0v) is 11.2. The maximum absolute atomic E-state index is 11.8. The topological polar surface area (TPSA) is 68.0 Å². The highest BCUT2D eigenvalue weighted by atomic mass is 16.1. The Labute approximate surface area is 112 Å². The molecule has 0 saturated carbocycles. The standard InChI is InChI=1S/C15H17N3O/c1-8(2)6-9-4-3-5-10-13(16)12-11(18-14(9)10)7-17-15(12)19/h3-5,8H,6-7H2,1-2H3,(H2,16,18)(H,17,19). The normalized spacial score (nSPS) is 13.9. The SMILES string of the molecule is CC(C)Cc1cccc2c(N)c3c(nc12)CNC3=O. The maximum atomic E-state index is 11.8. The Morgan fingerprint density at radius 3 is 2.95 bits per heavy atom. The number of para-hydroxylation sites is 1. The largest absolute Gasteiger partial charge is 0.397 e. The molecule has 1 aliphatic rings. The van der Waals surface area contributed by atoms with Gasteiger partial charge in [0.15, 0.2) is 0 Å². The van der Waals surface area contributed by atoms with Crippen molar-refractivity contribution in [2.45, 2.75) is 26.8 Å². The molecule has 3 rings (SSSR count). The maximum Gasteiger partial charge on any atom is 0.255 e. The second-order valence-corrected chi connectivity index (χ2v) is 5.44. The zero-order chi connectivity index (χ0) is 13.6. The molecule has 3 N–H and O–H groups in total. The first-order valence-corrected chi connectivity index (χ1v) is 6.56. The summed E-state index contributed by atoms with van der Waals surface area (Å²) in [5.74, 6) is 0.442. The van der Waals surface area contributed by atoms with Gasteiger partial charge in [0.25, 0.3) is 5.91 Å². The van der Waals surface area contributed by atoms with E-state index in [0.29, 0.717) is 23.7 Å². The third-order valence-corrected chi connectivity index (χ3v) is 3.49. The average Bonchev–Trinajstić information content (AvgIpc) is 2.72. The summed E-state index contributed by atoms with van der Waals surface area (Å²) < 4.78 is 0. The van der Waals surface area contributed by atoms with E-state index in [1.807, 2.05) is 12.1 Å². The number of nitrogens with one attached hydrogen (secondary N) is 1. The first kappa shape index (κ1) is 12.0. The molecule has 1 aromatic heterocycles. The molecule has 4 heteroatoms. The molecule has 2 heterocycles. The summed E-state index contributed by atoms with van der Waals surface area (Å²) in [7, 11) is 0. The lowest BCUT2D eigenvalue weighted by Gasteiger charge is -2.11. The molecule has 0 atom stereocenters. The zero-order valence-electron chi connectivity index (χ0n) is 11.2. The minimum absolute atomic E-state index is 0.115. The van der Waals surface area contributed by atoms with Crippen molar-refractivity contribution in [1.29, 1.82) is 0 Å². The van der Waals surface area contributed by atoms with Crippen LogP contribution >= 0.6 is 0 Å². The lowest BCUT2D eigenvalue weighted by molar-refractivity contribution is 0.0966. The van der Waals surface area contributed by atoms with Crippen LogP contribution in [0.2, 0.25) is 0 Å². The van der Waals surface area contributed by atoms with E-state index in [1.54, 1.807) is 0 Å². The highest BCUT2D eigenvalue weighted by Crippen LogP contribution is 2.31. The van der Waals surface area contributed by atoms with Gasteiger partial charge in [-0.1, -0.05) is 32.0 Å². The lowest BCUT2D eigenvalue weighted by atomic mass is 9.98. The molecule has 0 fully saturated rings. The fourth-order valence-corrected chi connectivity index (χ4v) is 2.66. The molecule has 0 unspecified atom stereocenters. The number of amides is 1. The molecule has 0 aliphatic carbocycles. The molecule has 0 spiro atoms. The van der Waals surface area contributed by atoms with Crippen LogP contribution < -0.4 is 11.1 Å². The van der Waals surface area contributed by atoms with Crippen molar-refractivity contribution in [2.75, 3.05) is 5.73 Å². The number of fused-ring (bicyclic) bond motifs is 2. The Kier molecular flexibility index (Phi) is 2.66. The fraction of sp³-hybridized carbons (Fsp3) is 0.333. The van der Waals surface area contributed by atoms with Gasteiger partial charge in [0.05, 0.1) is 29.0 Å². The Hall–Kier alpha value is -2.10. The molecule has 1 aliphatic heterocycles. The van der Waals surface area contributed by atoms with Gasteiger partial charge in [-0.25, -0.2) is 4.98 Å². The second-order valence-electron chi connectivity index (χ2n) is 5.44. The Morgan fingerprint density at radius 2 is 2.21 bits per heavy atom. The van der Waals surface area contributed by atoms with Crippen molar-refractivity contribution < 1.29 is 4.79 Å². The number of hydrogen-bond acceptors (Lipinski definition) is 3. The van der Waals surface area contributed by atoms with Gasteiger partial charge >= 0.3 is 0 Å². The van der Waals surface area contributed by atoms with E-state index in [9.17, 15) is 4.79 Å². The van der Waals surface area contributed by atoms with Gasteiger partial charge in [-0.3, -0.25) is 4.79 Å². The summed E-state index contributed by atoms with van der Waals surface area (Å²) in [6.07, 6.45) is 0.962. The minimum Gasteiger partial charge on any atom is -0.397 e. The van der Waals surface area contributed by atoms with Gasteiger partial charge in [-0.05, 0) is 17.9 Å². The summed E-state index contributed by atoms with van der Waals surface area (Å²) in [4.78, 5) is 16.4. The van der Waals surface area contributed by atoms with Crippen LogP contribution in [0, 0.1) is 5.92 Å². The predicted molar refractivity (Wildman–Crippen MR) is 75.9 cm³/mol. The van der Waals surface area contributed by atoms with E-state index < -0.39 is 0 Å². The number of aromatic nitrogens is 1. The molecule has 0 bridgehead atoms. The molecule has 19 heavy (non-hydrogen) atoms. The quantitative estimate of drug-likeness (QED) is 0.865. The number of anilines is 1. The lowest BCUT2D eigenvalue weighted by Crippen LogP contribution is -2.13. The molecular weight excluding hydrogens is 238 g/mol. The summed E-state index contributed by atoms with van der Waals surface area (Å²) in [5.41, 5.74) is 10.2. The van der Waals surface area contributed by atoms with E-state index in [1.165, 1.54) is 5.56 Å². The van der Waals surface area contributed by atoms with Crippen LogP contribution in [0.25, 0.3) is 10.9 Å². The minimum atomic E-state index is -0.115. The van der Waals surface area contributed by atoms with Crippen molar-refractivity contribution in [3.8, 4) is 0 Å². The summed E-state index contributed by atoms with van der Waals surface area (Å²) in [6.45, 7) is 4.84. The Morgan fingerprint density at radius 1 is 1.42 bits per heavy atom. The molecule has 2 aromatic rings. The van der Waals surface area contributed by atoms with Crippen LogP contribution in [-0.2, 0) is 13.0 Å². The summed E-state index contributed by atoms with van der Waals surface area (Å²) in [5, 5.41) is 3.66. The number of carbonyl (C=O) groups excluding carboxylic acids is 1. The number of hydrogen-bond donors (Lipinski definition) is 2. The van der Waals surface area contributed by atoms with E-state index in [4.69, 9.17) is 5.73 Å². The molecular formula is C15H17N3O. The van der Waals surface area contributed by atoms with Crippen LogP contribution in [0.5, 0.6) is 0 Å². The first-order valence-electron chi connectivity index (χ1n) is 6.56. The van der Waals surface area contributed by atoms with Gasteiger partial charge < -0.3 is 11.1 Å². The highest BCUT2D eigenvalue weighted by Gasteiger charge is 2.25. The summed E-state index contributed by atoms with van der Waals surface area (Å²) in [6, 6.07) is 6.01. The van der Waals surface area contributed by atoms with E-state index in [2.05, 4.69) is 30.2 Å². The number of benzene rings is 1. The second kappa shape index (κ2) is 4.23. The van der Waals surface area contributed by atoms with Crippen LogP contribution in [0.1, 0.15) is 35.5 Å². The van der Waals surface area contributed by atoms with E-state index in [-0.39, 0.29) is 5.91 Å². The Bertz CT molecular complexity index is 677. The smallest absolute Gasteiger partial charge is 0.255 e. The van der Waals surface area contributed by atoms with Crippen LogP contribution in [0.4, 0.5) is 5.69 Å². The van der Waals surface area contributed by atoms with Gasteiger partial charge in [0.1, 0.15) is 0 Å². The first-order chi connectivity index (χ1) is 9.08. The molecule has 0 radical (unpaired) electrons. The third kappa shape index (κ3) is 1.84. The number of nitrogens with zero attached hydrogens (tertiary/aromatic N) is 1. The number of nitrogens with two attached hydrogens (primary N) is 1. The number of nitrogen functional groups attached to an aromatic ring is 1. The van der Waals surface area contributed by atoms with Gasteiger partial charge in [0, 0.05) is 5.39 Å². The Balaban J connectivity index is 2.29. The third-order valence-electron chi connectivity index (χ3n) is 3.49. The average molecular weight is 255 g/mol. The van der Waals surface area contributed by atoms with Crippen LogP contribution in [0.15, 0.2) is 18.2 Å². The number of carbonyl (C=O) groups is 1. The molecule has 98 valence electrons. The summed E-state index contributed by atoms with van der Waals surface area (Å²) >= 11 is 0. The van der Waals surface area contributed by atoms with Crippen LogP contribution in [-0.4, -0.2) is 10.9 Å². The van der Waals surface area contributed by atoms with Crippen LogP contribution in [0.3, 0.4) is 0 Å². The van der Waals surface area contributed by atoms with Crippen molar-refractivity contribution in [3.63, 3.8) is 0 Å². The fourth-order valence-electron chi connectivity index (χ4n) is 2.66. The molecule has 1 amide bonds.